The summed E-state index contributed by atoms with van der Waals surface area (Å²) in [5.41, 5.74) is 7.05. The second kappa shape index (κ2) is 6.57. The lowest BCUT2D eigenvalue weighted by Gasteiger charge is -2.07. The van der Waals surface area contributed by atoms with Crippen LogP contribution in [0.5, 0.6) is 5.75 Å². The van der Waals surface area contributed by atoms with Crippen molar-refractivity contribution in [1.82, 2.24) is 0 Å². The lowest BCUT2D eigenvalue weighted by molar-refractivity contribution is 0.0734. The minimum Gasteiger partial charge on any atom is -0.423 e. The van der Waals surface area contributed by atoms with Gasteiger partial charge >= 0.3 is 5.97 Å². The van der Waals surface area contributed by atoms with Gasteiger partial charge in [0.1, 0.15) is 11.6 Å². The van der Waals surface area contributed by atoms with Crippen molar-refractivity contribution in [1.29, 1.82) is 5.41 Å². The molecule has 5 heteroatoms. The normalized spacial score (nSPS) is 10.4. The van der Waals surface area contributed by atoms with Gasteiger partial charge in [-0.3, -0.25) is 10.2 Å². The molecule has 0 saturated heterocycles. The Morgan fingerprint density at radius 3 is 2.04 bits per heavy atom. The molecule has 3 rings (SSSR count). The van der Waals surface area contributed by atoms with E-state index in [9.17, 15) is 9.59 Å². The first-order valence-electron chi connectivity index (χ1n) is 7.65. The van der Waals surface area contributed by atoms with E-state index in [0.717, 1.165) is 10.8 Å². The lowest BCUT2D eigenvalue weighted by atomic mass is 10.1. The summed E-state index contributed by atoms with van der Waals surface area (Å²) in [7, 11) is 0. The van der Waals surface area contributed by atoms with Gasteiger partial charge in [0.2, 0.25) is 0 Å². The molecule has 124 valence electrons. The van der Waals surface area contributed by atoms with Crippen molar-refractivity contribution < 1.29 is 14.3 Å². The van der Waals surface area contributed by atoms with E-state index in [0.29, 0.717) is 22.4 Å². The van der Waals surface area contributed by atoms with Crippen molar-refractivity contribution >= 4 is 28.4 Å². The number of carbonyl (C=O) groups excluding carboxylic acids is 2. The number of ketones is 1. The molecule has 0 amide bonds. The van der Waals surface area contributed by atoms with Crippen molar-refractivity contribution in [3.8, 4) is 5.75 Å². The van der Waals surface area contributed by atoms with Crippen LogP contribution in [0.3, 0.4) is 0 Å². The second-order valence-electron chi connectivity index (χ2n) is 5.66. The van der Waals surface area contributed by atoms with E-state index in [-0.39, 0.29) is 11.6 Å². The van der Waals surface area contributed by atoms with Crippen LogP contribution in [0.4, 0.5) is 0 Å². The van der Waals surface area contributed by atoms with Gasteiger partial charge in [0, 0.05) is 11.1 Å². The van der Waals surface area contributed by atoms with Crippen molar-refractivity contribution in [3.05, 3.63) is 77.4 Å². The standard InChI is InChI=1S/C20H16N2O3/c1-12(23)13-2-4-14(5-3-13)20(24)25-18-9-8-15-10-17(19(21)22)7-6-16(15)11-18/h2-11H,1H3,(H3,21,22). The molecule has 3 aromatic rings. The summed E-state index contributed by atoms with van der Waals surface area (Å²) in [5.74, 6) is -0.121. The summed E-state index contributed by atoms with van der Waals surface area (Å²) in [5, 5.41) is 9.25. The molecule has 3 aromatic carbocycles. The molecule has 0 unspecified atom stereocenters. The van der Waals surface area contributed by atoms with Gasteiger partial charge in [-0.2, -0.15) is 0 Å². The fraction of sp³-hybridized carbons (Fsp3) is 0.0500. The molecule has 0 aliphatic carbocycles. The number of benzene rings is 3. The molecule has 0 radical (unpaired) electrons. The first-order chi connectivity index (χ1) is 11.9. The van der Waals surface area contributed by atoms with E-state index >= 15 is 0 Å². The zero-order valence-corrected chi connectivity index (χ0v) is 13.6. The van der Waals surface area contributed by atoms with Gasteiger partial charge in [0.15, 0.2) is 5.78 Å². The Labute approximate surface area is 144 Å². The summed E-state index contributed by atoms with van der Waals surface area (Å²) in [6.07, 6.45) is 0. The van der Waals surface area contributed by atoms with Crippen LogP contribution < -0.4 is 10.5 Å². The first kappa shape index (κ1) is 16.4. The van der Waals surface area contributed by atoms with Crippen LogP contribution in [-0.4, -0.2) is 17.6 Å². The molecule has 0 aliphatic rings. The van der Waals surface area contributed by atoms with E-state index in [1.165, 1.54) is 6.92 Å². The molecular formula is C20H16N2O3. The zero-order valence-electron chi connectivity index (χ0n) is 13.6. The first-order valence-corrected chi connectivity index (χ1v) is 7.65. The summed E-state index contributed by atoms with van der Waals surface area (Å²) < 4.78 is 5.40. The Hall–Kier alpha value is -3.47. The van der Waals surface area contributed by atoms with Gasteiger partial charge in [-0.1, -0.05) is 30.3 Å². The van der Waals surface area contributed by atoms with Crippen molar-refractivity contribution in [2.45, 2.75) is 6.92 Å². The summed E-state index contributed by atoms with van der Waals surface area (Å²) in [4.78, 5) is 23.5. The highest BCUT2D eigenvalue weighted by Gasteiger charge is 2.10. The molecule has 0 heterocycles. The third kappa shape index (κ3) is 3.55. The topological polar surface area (TPSA) is 93.2 Å². The van der Waals surface area contributed by atoms with Gasteiger partial charge < -0.3 is 10.5 Å². The van der Waals surface area contributed by atoms with Gasteiger partial charge in [-0.15, -0.1) is 0 Å². The van der Waals surface area contributed by atoms with Crippen molar-refractivity contribution in [3.63, 3.8) is 0 Å². The predicted octanol–water partition coefficient (Wildman–Crippen LogP) is 3.55. The Kier molecular flexibility index (Phi) is 4.31. The number of esters is 1. The molecule has 0 aliphatic heterocycles. The minimum atomic E-state index is -0.491. The number of carbonyl (C=O) groups is 2. The fourth-order valence-corrected chi connectivity index (χ4v) is 2.46. The number of amidine groups is 1. The van der Waals surface area contributed by atoms with E-state index in [1.807, 2.05) is 18.2 Å². The third-order valence-electron chi connectivity index (χ3n) is 3.86. The quantitative estimate of drug-likeness (QED) is 0.251. The maximum absolute atomic E-state index is 12.2. The number of Topliss-reactive ketones (excluding diaryl/α,β-unsaturated/α-hetero) is 1. The molecule has 0 atom stereocenters. The van der Waals surface area contributed by atoms with Crippen LogP contribution in [-0.2, 0) is 0 Å². The largest absolute Gasteiger partial charge is 0.423 e. The van der Waals surface area contributed by atoms with Crippen LogP contribution in [0.25, 0.3) is 10.8 Å². The highest BCUT2D eigenvalue weighted by atomic mass is 16.5. The van der Waals surface area contributed by atoms with E-state index in [2.05, 4.69) is 0 Å². The number of nitrogens with two attached hydrogens (primary N) is 1. The molecule has 0 aromatic heterocycles. The highest BCUT2D eigenvalue weighted by molar-refractivity contribution is 6.00. The maximum Gasteiger partial charge on any atom is 0.343 e. The van der Waals surface area contributed by atoms with Gasteiger partial charge in [0.25, 0.3) is 0 Å². The van der Waals surface area contributed by atoms with Crippen LogP contribution in [0.15, 0.2) is 60.7 Å². The Morgan fingerprint density at radius 1 is 0.840 bits per heavy atom. The second-order valence-corrected chi connectivity index (χ2v) is 5.66. The average Bonchev–Trinajstić information content (AvgIpc) is 2.61. The lowest BCUT2D eigenvalue weighted by Crippen LogP contribution is -2.10. The average molecular weight is 332 g/mol. The van der Waals surface area contributed by atoms with Crippen LogP contribution in [0.2, 0.25) is 0 Å². The number of fused-ring (bicyclic) bond motifs is 1. The molecule has 0 bridgehead atoms. The molecule has 25 heavy (non-hydrogen) atoms. The summed E-state index contributed by atoms with van der Waals surface area (Å²) >= 11 is 0. The predicted molar refractivity (Wildman–Crippen MR) is 96.4 cm³/mol. The summed E-state index contributed by atoms with van der Waals surface area (Å²) in [6.45, 7) is 1.47. The Balaban J connectivity index is 1.82. The Morgan fingerprint density at radius 2 is 1.40 bits per heavy atom. The maximum atomic E-state index is 12.2. The Bertz CT molecular complexity index is 991. The molecule has 5 nitrogen and oxygen atoms in total. The minimum absolute atomic E-state index is 0.00594. The third-order valence-corrected chi connectivity index (χ3v) is 3.86. The fourth-order valence-electron chi connectivity index (χ4n) is 2.46. The molecule has 0 spiro atoms. The van der Waals surface area contributed by atoms with Crippen LogP contribution in [0.1, 0.15) is 33.2 Å². The summed E-state index contributed by atoms with van der Waals surface area (Å²) in [6, 6.07) is 17.0. The van der Waals surface area contributed by atoms with E-state index in [1.54, 1.807) is 42.5 Å². The van der Waals surface area contributed by atoms with Crippen molar-refractivity contribution in [2.75, 3.05) is 0 Å². The number of nitrogens with one attached hydrogen (secondary N) is 1. The van der Waals surface area contributed by atoms with Crippen molar-refractivity contribution in [2.24, 2.45) is 5.73 Å². The molecule has 3 N–H and O–H groups in total. The van der Waals surface area contributed by atoms with Crippen LogP contribution >= 0.6 is 0 Å². The molecular weight excluding hydrogens is 316 g/mol. The van der Waals surface area contributed by atoms with E-state index < -0.39 is 5.97 Å². The number of hydrogen-bond acceptors (Lipinski definition) is 4. The monoisotopic (exact) mass is 332 g/mol. The number of ether oxygens (including phenoxy) is 1. The number of nitrogen functional groups attached to an aromatic ring is 1. The van der Waals surface area contributed by atoms with Gasteiger partial charge in [-0.25, -0.2) is 4.79 Å². The van der Waals surface area contributed by atoms with Crippen LogP contribution in [0, 0.1) is 5.41 Å². The molecule has 0 fully saturated rings. The number of rotatable bonds is 4. The highest BCUT2D eigenvalue weighted by Crippen LogP contribution is 2.23. The number of hydrogen-bond donors (Lipinski definition) is 2. The SMILES string of the molecule is CC(=O)c1ccc(C(=O)Oc2ccc3cc(C(=N)N)ccc3c2)cc1. The zero-order chi connectivity index (χ0) is 18.0. The smallest absolute Gasteiger partial charge is 0.343 e. The van der Waals surface area contributed by atoms with Gasteiger partial charge in [-0.05, 0) is 48.0 Å². The van der Waals surface area contributed by atoms with E-state index in [4.69, 9.17) is 15.9 Å². The molecule has 0 saturated carbocycles. The van der Waals surface area contributed by atoms with Gasteiger partial charge in [0.05, 0.1) is 5.56 Å².